The van der Waals surface area contributed by atoms with Gasteiger partial charge in [0, 0.05) is 26.4 Å². The quantitative estimate of drug-likeness (QED) is 0.887. The van der Waals surface area contributed by atoms with E-state index in [1.54, 1.807) is 13.1 Å². The molecule has 0 aromatic carbocycles. The first kappa shape index (κ1) is 13.3. The van der Waals surface area contributed by atoms with Crippen LogP contribution in [0.5, 0.6) is 0 Å². The van der Waals surface area contributed by atoms with Crippen LogP contribution in [-0.2, 0) is 4.74 Å². The van der Waals surface area contributed by atoms with E-state index in [0.29, 0.717) is 5.92 Å². The number of ether oxygens (including phenoxy) is 1. The number of rotatable bonds is 4. The van der Waals surface area contributed by atoms with Crippen LogP contribution in [0.1, 0.15) is 31.4 Å². The molecule has 0 radical (unpaired) electrons. The molecule has 1 aromatic heterocycles. The highest BCUT2D eigenvalue weighted by molar-refractivity contribution is 5.40. The summed E-state index contributed by atoms with van der Waals surface area (Å²) in [6, 6.07) is 3.81. The summed E-state index contributed by atoms with van der Waals surface area (Å²) < 4.78 is 5.49. The van der Waals surface area contributed by atoms with Gasteiger partial charge in [0.2, 0.25) is 0 Å². The minimum Gasteiger partial charge on any atom is -0.389 e. The average Bonchev–Trinajstić information content (AvgIpc) is 2.40. The van der Waals surface area contributed by atoms with Crippen LogP contribution >= 0.6 is 0 Å². The van der Waals surface area contributed by atoms with Crippen LogP contribution in [0, 0.1) is 5.92 Å². The van der Waals surface area contributed by atoms with Crippen molar-refractivity contribution in [3.8, 4) is 0 Å². The van der Waals surface area contributed by atoms with Gasteiger partial charge in [-0.25, -0.2) is 4.98 Å². The van der Waals surface area contributed by atoms with Crippen molar-refractivity contribution >= 4 is 5.82 Å². The van der Waals surface area contributed by atoms with Gasteiger partial charge in [-0.05, 0) is 43.4 Å². The lowest BCUT2D eigenvalue weighted by Crippen LogP contribution is -2.31. The van der Waals surface area contributed by atoms with Crippen molar-refractivity contribution in [1.29, 1.82) is 0 Å². The third-order valence-electron chi connectivity index (χ3n) is 3.43. The van der Waals surface area contributed by atoms with Crippen LogP contribution in [0.15, 0.2) is 18.3 Å². The molecule has 0 amide bonds. The Morgan fingerprint density at radius 3 is 3.11 bits per heavy atom. The van der Waals surface area contributed by atoms with Gasteiger partial charge < -0.3 is 14.7 Å². The lowest BCUT2D eigenvalue weighted by atomic mass is 10.0. The molecule has 18 heavy (non-hydrogen) atoms. The zero-order valence-corrected chi connectivity index (χ0v) is 11.2. The monoisotopic (exact) mass is 250 g/mol. The fourth-order valence-corrected chi connectivity index (χ4v) is 2.33. The fraction of sp³-hybridized carbons (Fsp3) is 0.643. The maximum Gasteiger partial charge on any atom is 0.128 e. The Morgan fingerprint density at radius 2 is 2.44 bits per heavy atom. The number of hydrogen-bond donors (Lipinski definition) is 1. The average molecular weight is 250 g/mol. The van der Waals surface area contributed by atoms with Crippen molar-refractivity contribution in [2.45, 2.75) is 25.9 Å². The van der Waals surface area contributed by atoms with E-state index >= 15 is 0 Å². The first-order valence-electron chi connectivity index (χ1n) is 6.59. The summed E-state index contributed by atoms with van der Waals surface area (Å²) in [6.45, 7) is 4.47. The lowest BCUT2D eigenvalue weighted by Gasteiger charge is -2.28. The first-order chi connectivity index (χ1) is 8.66. The van der Waals surface area contributed by atoms with Crippen molar-refractivity contribution in [2.75, 3.05) is 31.7 Å². The maximum absolute atomic E-state index is 9.59. The van der Waals surface area contributed by atoms with Gasteiger partial charge in [0.05, 0.1) is 12.7 Å². The number of nitrogens with zero attached hydrogens (tertiary/aromatic N) is 2. The molecule has 1 aliphatic heterocycles. The van der Waals surface area contributed by atoms with Crippen LogP contribution in [0.25, 0.3) is 0 Å². The van der Waals surface area contributed by atoms with Crippen molar-refractivity contribution in [1.82, 2.24) is 4.98 Å². The molecule has 1 fully saturated rings. The number of aromatic nitrogens is 1. The molecule has 100 valence electrons. The smallest absolute Gasteiger partial charge is 0.128 e. The minimum absolute atomic E-state index is 0.446. The fourth-order valence-electron chi connectivity index (χ4n) is 2.33. The van der Waals surface area contributed by atoms with Gasteiger partial charge in [-0.15, -0.1) is 0 Å². The van der Waals surface area contributed by atoms with E-state index in [4.69, 9.17) is 4.74 Å². The van der Waals surface area contributed by atoms with Crippen LogP contribution in [0.2, 0.25) is 0 Å². The van der Waals surface area contributed by atoms with Crippen molar-refractivity contribution < 1.29 is 9.84 Å². The maximum atomic E-state index is 9.59. The summed E-state index contributed by atoms with van der Waals surface area (Å²) in [5.41, 5.74) is 0.909. The van der Waals surface area contributed by atoms with E-state index in [2.05, 4.69) is 9.88 Å². The molecule has 1 N–H and O–H groups in total. The Kier molecular flexibility index (Phi) is 4.55. The number of anilines is 1. The van der Waals surface area contributed by atoms with Gasteiger partial charge in [0.25, 0.3) is 0 Å². The number of pyridine rings is 1. The highest BCUT2D eigenvalue weighted by atomic mass is 16.5. The van der Waals surface area contributed by atoms with Gasteiger partial charge >= 0.3 is 0 Å². The van der Waals surface area contributed by atoms with Gasteiger partial charge in [-0.1, -0.05) is 0 Å². The van der Waals surface area contributed by atoms with Crippen LogP contribution in [0.3, 0.4) is 0 Å². The molecule has 4 nitrogen and oxygen atoms in total. The summed E-state index contributed by atoms with van der Waals surface area (Å²) in [5, 5.41) is 9.59. The Bertz CT molecular complexity index is 376. The summed E-state index contributed by atoms with van der Waals surface area (Å²) in [6.07, 6.45) is 3.68. The summed E-state index contributed by atoms with van der Waals surface area (Å²) >= 11 is 0. The Hall–Kier alpha value is -1.13. The summed E-state index contributed by atoms with van der Waals surface area (Å²) in [7, 11) is 2.04. The van der Waals surface area contributed by atoms with E-state index in [0.717, 1.165) is 37.6 Å². The second-order valence-corrected chi connectivity index (χ2v) is 5.09. The van der Waals surface area contributed by atoms with Crippen LogP contribution in [-0.4, -0.2) is 36.9 Å². The second-order valence-electron chi connectivity index (χ2n) is 5.09. The Balaban J connectivity index is 1.99. The van der Waals surface area contributed by atoms with E-state index in [1.165, 1.54) is 6.42 Å². The third-order valence-corrected chi connectivity index (χ3v) is 3.43. The summed E-state index contributed by atoms with van der Waals surface area (Å²) in [5.74, 6) is 1.50. The molecule has 1 unspecified atom stereocenters. The zero-order valence-electron chi connectivity index (χ0n) is 11.2. The SMILES string of the molecule is C[C@@H](O)c1ccnc(N(C)CC2CCCOC2)c1. The predicted molar refractivity (Wildman–Crippen MR) is 71.7 cm³/mol. The highest BCUT2D eigenvalue weighted by Gasteiger charge is 2.17. The molecule has 4 heteroatoms. The molecule has 0 spiro atoms. The molecule has 1 saturated heterocycles. The van der Waals surface area contributed by atoms with E-state index in [9.17, 15) is 5.11 Å². The molecule has 1 aliphatic rings. The topological polar surface area (TPSA) is 45.6 Å². The van der Waals surface area contributed by atoms with Crippen molar-refractivity contribution in [2.24, 2.45) is 5.92 Å². The molecule has 0 bridgehead atoms. The van der Waals surface area contributed by atoms with Gasteiger partial charge in [-0.3, -0.25) is 0 Å². The molecule has 2 rings (SSSR count). The molecule has 2 atom stereocenters. The van der Waals surface area contributed by atoms with E-state index in [1.807, 2.05) is 19.2 Å². The Labute approximate surface area is 109 Å². The zero-order chi connectivity index (χ0) is 13.0. The van der Waals surface area contributed by atoms with Crippen LogP contribution < -0.4 is 4.90 Å². The second kappa shape index (κ2) is 6.16. The summed E-state index contributed by atoms with van der Waals surface area (Å²) in [4.78, 5) is 6.51. The molecule has 1 aromatic rings. The first-order valence-corrected chi connectivity index (χ1v) is 6.59. The number of hydrogen-bond acceptors (Lipinski definition) is 4. The van der Waals surface area contributed by atoms with Crippen LogP contribution in [0.4, 0.5) is 5.82 Å². The largest absolute Gasteiger partial charge is 0.389 e. The normalized spacial score (nSPS) is 21.6. The molecular weight excluding hydrogens is 228 g/mol. The molecule has 0 aliphatic carbocycles. The van der Waals surface area contributed by atoms with Gasteiger partial charge in [0.1, 0.15) is 5.82 Å². The number of aliphatic hydroxyl groups is 1. The van der Waals surface area contributed by atoms with Crippen molar-refractivity contribution in [3.05, 3.63) is 23.9 Å². The highest BCUT2D eigenvalue weighted by Crippen LogP contribution is 2.20. The van der Waals surface area contributed by atoms with E-state index in [-0.39, 0.29) is 0 Å². The molecule has 0 saturated carbocycles. The molecular formula is C14H22N2O2. The molecule has 2 heterocycles. The predicted octanol–water partition coefficient (Wildman–Crippen LogP) is 2.00. The number of aliphatic hydroxyl groups excluding tert-OH is 1. The minimum atomic E-state index is -0.446. The van der Waals surface area contributed by atoms with E-state index < -0.39 is 6.10 Å². The lowest BCUT2D eigenvalue weighted by molar-refractivity contribution is 0.0576. The standard InChI is InChI=1S/C14H22N2O2/c1-11(17)13-5-6-15-14(8-13)16(2)9-12-4-3-7-18-10-12/h5-6,8,11-12,17H,3-4,7,9-10H2,1-2H3/t11-,12?/m1/s1. The van der Waals surface area contributed by atoms with Crippen molar-refractivity contribution in [3.63, 3.8) is 0 Å². The third kappa shape index (κ3) is 3.43. The van der Waals surface area contributed by atoms with Gasteiger partial charge in [0.15, 0.2) is 0 Å². The Morgan fingerprint density at radius 1 is 1.61 bits per heavy atom. The van der Waals surface area contributed by atoms with Gasteiger partial charge in [-0.2, -0.15) is 0 Å².